The second-order valence-electron chi connectivity index (χ2n) is 9.08. The van der Waals surface area contributed by atoms with Crippen molar-refractivity contribution >= 4 is 11.6 Å². The zero-order chi connectivity index (χ0) is 16.9. The van der Waals surface area contributed by atoms with Crippen LogP contribution in [0.3, 0.4) is 0 Å². The summed E-state index contributed by atoms with van der Waals surface area (Å²) in [6.07, 6.45) is 11.5. The fourth-order valence-corrected chi connectivity index (χ4v) is 6.36. The molecule has 2 heterocycles. The first kappa shape index (κ1) is 15.9. The fourth-order valence-electron chi connectivity index (χ4n) is 6.36. The smallest absolute Gasteiger partial charge is 0.224 e. The average Bonchev–Trinajstić information content (AvgIpc) is 2.91. The van der Waals surface area contributed by atoms with Crippen molar-refractivity contribution < 1.29 is 6.22 Å². The van der Waals surface area contributed by atoms with Crippen LogP contribution in [-0.2, 0) is 10.2 Å². The molecule has 3 fully saturated rings. The predicted octanol–water partition coefficient (Wildman–Crippen LogP) is 4.58. The SMILES string of the molecule is O=C1CCC2(CCN(C3CC4CCC(C4)C3)CC2)c2ccccc2N1.[HH]. The summed E-state index contributed by atoms with van der Waals surface area (Å²) in [5, 5.41) is 3.14. The Bertz CT molecular complexity index is 656. The molecule has 0 radical (unpaired) electrons. The molecule has 25 heavy (non-hydrogen) atoms. The van der Waals surface area contributed by atoms with Crippen LogP contribution in [0.15, 0.2) is 24.3 Å². The minimum atomic E-state index is 0. The highest BCUT2D eigenvalue weighted by Gasteiger charge is 2.43. The maximum Gasteiger partial charge on any atom is 0.224 e. The van der Waals surface area contributed by atoms with Gasteiger partial charge >= 0.3 is 0 Å². The van der Waals surface area contributed by atoms with Crippen LogP contribution in [-0.4, -0.2) is 29.9 Å². The van der Waals surface area contributed by atoms with E-state index < -0.39 is 0 Å². The molecule has 0 aromatic heterocycles. The fraction of sp³-hybridized carbons (Fsp3) is 0.682. The molecule has 1 spiro atoms. The minimum absolute atomic E-state index is 0. The third-order valence-corrected chi connectivity index (χ3v) is 7.74. The van der Waals surface area contributed by atoms with Crippen molar-refractivity contribution in [1.29, 1.82) is 0 Å². The Morgan fingerprint density at radius 1 is 1.00 bits per heavy atom. The van der Waals surface area contributed by atoms with Gasteiger partial charge in [-0.2, -0.15) is 0 Å². The molecule has 5 rings (SSSR count). The summed E-state index contributed by atoms with van der Waals surface area (Å²) in [5.41, 5.74) is 2.67. The molecule has 1 aromatic carbocycles. The molecule has 1 saturated heterocycles. The Labute approximate surface area is 152 Å². The Hall–Kier alpha value is -1.35. The Morgan fingerprint density at radius 3 is 2.48 bits per heavy atom. The number of nitrogens with one attached hydrogen (secondary N) is 1. The van der Waals surface area contributed by atoms with Gasteiger partial charge in [-0.3, -0.25) is 4.79 Å². The van der Waals surface area contributed by atoms with E-state index in [4.69, 9.17) is 0 Å². The lowest BCUT2D eigenvalue weighted by molar-refractivity contribution is -0.116. The highest BCUT2D eigenvalue weighted by Crippen LogP contribution is 2.47. The monoisotopic (exact) mass is 340 g/mol. The number of carbonyl (C=O) groups is 1. The Balaban J connectivity index is 0.00000168. The molecule has 1 N–H and O–H groups in total. The van der Waals surface area contributed by atoms with Gasteiger partial charge < -0.3 is 10.2 Å². The molecular weight excluding hydrogens is 308 g/mol. The summed E-state index contributed by atoms with van der Waals surface area (Å²) in [6, 6.07) is 9.38. The molecule has 2 atom stereocenters. The first-order valence-electron chi connectivity index (χ1n) is 10.4. The van der Waals surface area contributed by atoms with E-state index in [1.165, 1.54) is 63.6 Å². The third kappa shape index (κ3) is 2.81. The number of carbonyl (C=O) groups excluding carboxylic acids is 1. The lowest BCUT2D eigenvalue weighted by Gasteiger charge is -2.46. The Morgan fingerprint density at radius 2 is 1.72 bits per heavy atom. The molecule has 1 aromatic rings. The topological polar surface area (TPSA) is 32.3 Å². The van der Waals surface area contributed by atoms with E-state index in [2.05, 4.69) is 28.4 Å². The van der Waals surface area contributed by atoms with E-state index in [1.54, 1.807) is 0 Å². The van der Waals surface area contributed by atoms with E-state index in [0.717, 1.165) is 30.0 Å². The lowest BCUT2D eigenvalue weighted by Crippen LogP contribution is -2.48. The van der Waals surface area contributed by atoms with E-state index in [1.807, 2.05) is 6.07 Å². The molecule has 136 valence electrons. The minimum Gasteiger partial charge on any atom is -0.326 e. The van der Waals surface area contributed by atoms with Crippen LogP contribution in [0.1, 0.15) is 64.8 Å². The van der Waals surface area contributed by atoms with Gasteiger partial charge in [0.1, 0.15) is 0 Å². The van der Waals surface area contributed by atoms with Crippen molar-refractivity contribution in [1.82, 2.24) is 4.90 Å². The van der Waals surface area contributed by atoms with Crippen LogP contribution in [0.25, 0.3) is 0 Å². The summed E-state index contributed by atoms with van der Waals surface area (Å²) in [4.78, 5) is 14.9. The average molecular weight is 341 g/mol. The van der Waals surface area contributed by atoms with Crippen LogP contribution in [0.4, 0.5) is 5.69 Å². The summed E-state index contributed by atoms with van der Waals surface area (Å²) >= 11 is 0. The summed E-state index contributed by atoms with van der Waals surface area (Å²) in [6.45, 7) is 2.43. The first-order chi connectivity index (χ1) is 12.2. The first-order valence-corrected chi connectivity index (χ1v) is 10.4. The number of nitrogens with zero attached hydrogens (tertiary/aromatic N) is 1. The van der Waals surface area contributed by atoms with Gasteiger partial charge in [-0.15, -0.1) is 0 Å². The quantitative estimate of drug-likeness (QED) is 0.812. The maximum atomic E-state index is 12.1. The van der Waals surface area contributed by atoms with Gasteiger partial charge in [-0.25, -0.2) is 0 Å². The molecule has 4 aliphatic rings. The van der Waals surface area contributed by atoms with Gasteiger partial charge in [0.2, 0.25) is 5.91 Å². The number of rotatable bonds is 1. The van der Waals surface area contributed by atoms with E-state index in [0.29, 0.717) is 6.42 Å². The van der Waals surface area contributed by atoms with Crippen molar-refractivity contribution in [2.75, 3.05) is 18.4 Å². The zero-order valence-corrected chi connectivity index (χ0v) is 15.2. The highest BCUT2D eigenvalue weighted by atomic mass is 16.1. The standard InChI is InChI=1S/C22H30N2O.H2/c25-21-7-8-22(19-3-1-2-4-20(19)23-21)9-11-24(12-10-22)18-14-16-5-6-17(13-16)15-18;/h1-4,16-18H,5-15H2,(H,23,25);1H. The molecule has 2 unspecified atom stereocenters. The molecule has 2 aliphatic carbocycles. The van der Waals surface area contributed by atoms with Crippen molar-refractivity contribution in [3.05, 3.63) is 29.8 Å². The highest BCUT2D eigenvalue weighted by molar-refractivity contribution is 5.92. The third-order valence-electron chi connectivity index (χ3n) is 7.74. The number of piperidine rings is 1. The Kier molecular flexibility index (Phi) is 3.89. The van der Waals surface area contributed by atoms with Crippen molar-refractivity contribution in [3.8, 4) is 0 Å². The van der Waals surface area contributed by atoms with Gasteiger partial charge in [0.05, 0.1) is 0 Å². The number of likely N-dealkylation sites (tertiary alicyclic amines) is 1. The van der Waals surface area contributed by atoms with E-state index >= 15 is 0 Å². The lowest BCUT2D eigenvalue weighted by atomic mass is 9.69. The predicted molar refractivity (Wildman–Crippen MR) is 103 cm³/mol. The van der Waals surface area contributed by atoms with E-state index in [9.17, 15) is 4.79 Å². The summed E-state index contributed by atoms with van der Waals surface area (Å²) in [7, 11) is 0. The maximum absolute atomic E-state index is 12.1. The number of hydrogen-bond donors (Lipinski definition) is 1. The number of hydrogen-bond acceptors (Lipinski definition) is 2. The molecule has 2 bridgehead atoms. The largest absolute Gasteiger partial charge is 0.326 e. The number of benzene rings is 1. The van der Waals surface area contributed by atoms with Gasteiger partial charge in [-0.1, -0.05) is 31.0 Å². The molecular formula is C22H32N2O. The molecule has 3 heteroatoms. The van der Waals surface area contributed by atoms with Crippen LogP contribution in [0.2, 0.25) is 0 Å². The second kappa shape index (κ2) is 6.12. The van der Waals surface area contributed by atoms with Gasteiger partial charge in [0, 0.05) is 25.0 Å². The summed E-state index contributed by atoms with van der Waals surface area (Å²) < 4.78 is 0. The normalized spacial score (nSPS) is 34.4. The second-order valence-corrected chi connectivity index (χ2v) is 9.08. The van der Waals surface area contributed by atoms with Crippen LogP contribution < -0.4 is 5.32 Å². The van der Waals surface area contributed by atoms with E-state index in [-0.39, 0.29) is 12.7 Å². The van der Waals surface area contributed by atoms with Crippen molar-refractivity contribution in [2.24, 2.45) is 11.8 Å². The summed E-state index contributed by atoms with van der Waals surface area (Å²) in [5.74, 6) is 2.22. The van der Waals surface area contributed by atoms with Gasteiger partial charge in [0.25, 0.3) is 0 Å². The van der Waals surface area contributed by atoms with Gasteiger partial charge in [-0.05, 0) is 75.1 Å². The van der Waals surface area contributed by atoms with Crippen molar-refractivity contribution in [3.63, 3.8) is 0 Å². The molecule has 2 saturated carbocycles. The number of amides is 1. The number of fused-ring (bicyclic) bond motifs is 4. The number of para-hydroxylation sites is 1. The number of anilines is 1. The van der Waals surface area contributed by atoms with Crippen LogP contribution in [0, 0.1) is 11.8 Å². The zero-order valence-electron chi connectivity index (χ0n) is 15.2. The molecule has 1 amide bonds. The van der Waals surface area contributed by atoms with Crippen molar-refractivity contribution in [2.45, 2.75) is 69.2 Å². The molecule has 2 aliphatic heterocycles. The van der Waals surface area contributed by atoms with Crippen LogP contribution in [0.5, 0.6) is 0 Å². The molecule has 3 nitrogen and oxygen atoms in total. The van der Waals surface area contributed by atoms with Gasteiger partial charge in [0.15, 0.2) is 0 Å². The van der Waals surface area contributed by atoms with Crippen LogP contribution >= 0.6 is 0 Å².